The van der Waals surface area contributed by atoms with Crippen LogP contribution in [0.15, 0.2) is 36.7 Å². The Labute approximate surface area is 149 Å². The molecular weight excluding hydrogens is 315 g/mol. The van der Waals surface area contributed by atoms with Crippen LogP contribution < -0.4 is 0 Å². The Morgan fingerprint density at radius 2 is 2.04 bits per heavy atom. The van der Waals surface area contributed by atoms with Crippen molar-refractivity contribution in [2.75, 3.05) is 13.1 Å². The Morgan fingerprint density at radius 1 is 1.28 bits per heavy atom. The van der Waals surface area contributed by atoms with Crippen LogP contribution in [-0.4, -0.2) is 28.5 Å². The van der Waals surface area contributed by atoms with E-state index in [-0.39, 0.29) is 17.3 Å². The third-order valence-electron chi connectivity index (χ3n) is 5.05. The lowest BCUT2D eigenvalue weighted by Crippen LogP contribution is -2.29. The molecule has 1 aromatic heterocycles. The van der Waals surface area contributed by atoms with Crippen molar-refractivity contribution in [1.29, 1.82) is 0 Å². The predicted molar refractivity (Wildman–Crippen MR) is 98.3 cm³/mol. The molecule has 1 aliphatic rings. The summed E-state index contributed by atoms with van der Waals surface area (Å²) in [5.41, 5.74) is 2.41. The van der Waals surface area contributed by atoms with Crippen LogP contribution in [0.1, 0.15) is 48.7 Å². The van der Waals surface area contributed by atoms with Crippen LogP contribution in [0.3, 0.4) is 0 Å². The van der Waals surface area contributed by atoms with E-state index in [1.807, 2.05) is 35.5 Å². The zero-order valence-corrected chi connectivity index (χ0v) is 15.6. The van der Waals surface area contributed by atoms with Gasteiger partial charge in [0.05, 0.1) is 5.56 Å². The molecule has 1 aromatic carbocycles. The summed E-state index contributed by atoms with van der Waals surface area (Å²) in [5, 5.41) is 0. The first-order chi connectivity index (χ1) is 11.7. The van der Waals surface area contributed by atoms with Crippen molar-refractivity contribution in [3.05, 3.63) is 59.2 Å². The molecule has 4 heteroatoms. The van der Waals surface area contributed by atoms with Gasteiger partial charge in [-0.25, -0.2) is 4.39 Å². The maximum Gasteiger partial charge on any atom is 0.255 e. The number of hydrogen-bond acceptors (Lipinski definition) is 1. The Bertz CT molecular complexity index is 772. The largest absolute Gasteiger partial charge is 0.348 e. The highest BCUT2D eigenvalue weighted by Crippen LogP contribution is 2.24. The predicted octanol–water partition coefficient (Wildman–Crippen LogP) is 4.40. The van der Waals surface area contributed by atoms with E-state index < -0.39 is 0 Å². The zero-order valence-electron chi connectivity index (χ0n) is 15.6. The number of halogens is 1. The smallest absolute Gasteiger partial charge is 0.255 e. The monoisotopic (exact) mass is 342 g/mol. The topological polar surface area (TPSA) is 25.2 Å². The number of carbonyl (C=O) groups is 1. The average Bonchev–Trinajstić information content (AvgIpc) is 3.19. The number of rotatable bonds is 3. The molecule has 0 saturated carbocycles. The highest BCUT2D eigenvalue weighted by Gasteiger charge is 2.28. The van der Waals surface area contributed by atoms with Crippen molar-refractivity contribution in [2.24, 2.45) is 5.92 Å². The summed E-state index contributed by atoms with van der Waals surface area (Å²) >= 11 is 0. The first-order valence-electron chi connectivity index (χ1n) is 8.97. The number of amides is 1. The van der Waals surface area contributed by atoms with Gasteiger partial charge in [0, 0.05) is 31.0 Å². The van der Waals surface area contributed by atoms with Gasteiger partial charge in [0.2, 0.25) is 0 Å². The fourth-order valence-electron chi connectivity index (χ4n) is 3.40. The molecule has 0 radical (unpaired) electrons. The summed E-state index contributed by atoms with van der Waals surface area (Å²) < 4.78 is 15.8. The number of benzene rings is 1. The third kappa shape index (κ3) is 3.94. The minimum absolute atomic E-state index is 0.0262. The lowest BCUT2D eigenvalue weighted by atomic mass is 9.98. The zero-order chi connectivity index (χ0) is 18.2. The molecule has 1 unspecified atom stereocenters. The van der Waals surface area contributed by atoms with Gasteiger partial charge in [-0.1, -0.05) is 12.1 Å². The second kappa shape index (κ2) is 6.66. The van der Waals surface area contributed by atoms with Gasteiger partial charge in [0.25, 0.3) is 5.91 Å². The van der Waals surface area contributed by atoms with Gasteiger partial charge in [0.1, 0.15) is 5.82 Å². The molecule has 1 aliphatic heterocycles. The molecule has 1 atom stereocenters. The highest BCUT2D eigenvalue weighted by atomic mass is 19.1. The van der Waals surface area contributed by atoms with Crippen LogP contribution in [0.2, 0.25) is 0 Å². The van der Waals surface area contributed by atoms with Gasteiger partial charge in [-0.2, -0.15) is 0 Å². The van der Waals surface area contributed by atoms with Crippen molar-refractivity contribution in [3.8, 4) is 0 Å². The van der Waals surface area contributed by atoms with Crippen LogP contribution in [-0.2, 0) is 12.0 Å². The van der Waals surface area contributed by atoms with Gasteiger partial charge in [-0.15, -0.1) is 0 Å². The molecule has 1 saturated heterocycles. The average molecular weight is 342 g/mol. The molecule has 0 spiro atoms. The lowest BCUT2D eigenvalue weighted by molar-refractivity contribution is 0.0787. The van der Waals surface area contributed by atoms with Crippen LogP contribution in [0.4, 0.5) is 4.39 Å². The molecule has 0 aliphatic carbocycles. The normalized spacial score (nSPS) is 18.0. The van der Waals surface area contributed by atoms with Gasteiger partial charge < -0.3 is 9.47 Å². The summed E-state index contributed by atoms with van der Waals surface area (Å²) in [4.78, 5) is 14.7. The summed E-state index contributed by atoms with van der Waals surface area (Å²) in [7, 11) is 0. The standard InChI is InChI=1S/C21H27FN2O/c1-15-5-6-16(12-19(15)22)11-17-7-9-23(13-17)20(25)18-8-10-24(14-18)21(2,3)4/h5-6,8,10,12,14,17H,7,9,11,13H2,1-4H3. The van der Waals surface area contributed by atoms with Gasteiger partial charge >= 0.3 is 0 Å². The van der Waals surface area contributed by atoms with E-state index in [4.69, 9.17) is 0 Å². The first-order valence-corrected chi connectivity index (χ1v) is 8.97. The number of nitrogens with zero attached hydrogens (tertiary/aromatic N) is 2. The van der Waals surface area contributed by atoms with Gasteiger partial charge in [-0.05, 0) is 69.7 Å². The quantitative estimate of drug-likeness (QED) is 0.812. The fraction of sp³-hybridized carbons (Fsp3) is 0.476. The van der Waals surface area contributed by atoms with E-state index in [9.17, 15) is 9.18 Å². The van der Waals surface area contributed by atoms with E-state index in [0.717, 1.165) is 37.1 Å². The van der Waals surface area contributed by atoms with Crippen molar-refractivity contribution in [3.63, 3.8) is 0 Å². The van der Waals surface area contributed by atoms with Crippen LogP contribution in [0, 0.1) is 18.7 Å². The molecule has 1 fully saturated rings. The van der Waals surface area contributed by atoms with Gasteiger partial charge in [0.15, 0.2) is 0 Å². The van der Waals surface area contributed by atoms with Crippen molar-refractivity contribution < 1.29 is 9.18 Å². The maximum atomic E-state index is 13.7. The minimum atomic E-state index is -0.146. The SMILES string of the molecule is Cc1ccc(CC2CCN(C(=O)c3ccn(C(C)(C)C)c3)C2)cc1F. The Morgan fingerprint density at radius 3 is 2.68 bits per heavy atom. The van der Waals surface area contributed by atoms with Crippen LogP contribution in [0.25, 0.3) is 0 Å². The Kier molecular flexibility index (Phi) is 4.72. The molecule has 1 amide bonds. The summed E-state index contributed by atoms with van der Waals surface area (Å²) in [6, 6.07) is 7.35. The number of hydrogen-bond donors (Lipinski definition) is 0. The van der Waals surface area contributed by atoms with E-state index >= 15 is 0 Å². The Balaban J connectivity index is 1.63. The van der Waals surface area contributed by atoms with Gasteiger partial charge in [-0.3, -0.25) is 4.79 Å². The van der Waals surface area contributed by atoms with Crippen LogP contribution >= 0.6 is 0 Å². The van der Waals surface area contributed by atoms with Crippen molar-refractivity contribution >= 4 is 5.91 Å². The molecule has 25 heavy (non-hydrogen) atoms. The highest BCUT2D eigenvalue weighted by molar-refractivity contribution is 5.94. The number of likely N-dealkylation sites (tertiary alicyclic amines) is 1. The second-order valence-corrected chi connectivity index (χ2v) is 8.17. The molecule has 0 N–H and O–H groups in total. The number of aryl methyl sites for hydroxylation is 1. The van der Waals surface area contributed by atoms with Crippen molar-refractivity contribution in [2.45, 2.75) is 46.1 Å². The third-order valence-corrected chi connectivity index (χ3v) is 5.05. The Hall–Kier alpha value is -2.10. The number of carbonyl (C=O) groups excluding carboxylic acids is 1. The lowest BCUT2D eigenvalue weighted by Gasteiger charge is -2.21. The maximum absolute atomic E-state index is 13.7. The van der Waals surface area contributed by atoms with E-state index in [0.29, 0.717) is 11.5 Å². The molecule has 3 rings (SSSR count). The van der Waals surface area contributed by atoms with Crippen LogP contribution in [0.5, 0.6) is 0 Å². The molecule has 3 nitrogen and oxygen atoms in total. The summed E-state index contributed by atoms with van der Waals surface area (Å²) in [6.45, 7) is 9.65. The molecule has 2 heterocycles. The second-order valence-electron chi connectivity index (χ2n) is 8.17. The van der Waals surface area contributed by atoms with E-state index in [2.05, 4.69) is 25.3 Å². The summed E-state index contributed by atoms with van der Waals surface area (Å²) in [6.07, 6.45) is 5.70. The minimum Gasteiger partial charge on any atom is -0.348 e. The van der Waals surface area contributed by atoms with E-state index in [1.54, 1.807) is 13.0 Å². The fourth-order valence-corrected chi connectivity index (χ4v) is 3.40. The summed E-state index contributed by atoms with van der Waals surface area (Å²) in [5.74, 6) is 0.350. The molecule has 134 valence electrons. The van der Waals surface area contributed by atoms with Crippen molar-refractivity contribution in [1.82, 2.24) is 9.47 Å². The molecule has 0 bridgehead atoms. The number of aromatic nitrogens is 1. The molecular formula is C21H27FN2O. The molecule has 2 aromatic rings. The van der Waals surface area contributed by atoms with E-state index in [1.165, 1.54) is 0 Å². The first kappa shape index (κ1) is 17.7.